The van der Waals surface area contributed by atoms with Crippen LogP contribution in [0, 0.1) is 20.2 Å². The van der Waals surface area contributed by atoms with Gasteiger partial charge in [-0.15, -0.1) is 20.2 Å². The van der Waals surface area contributed by atoms with Crippen molar-refractivity contribution in [2.75, 3.05) is 39.5 Å². The molecule has 3 atom stereocenters. The first-order valence-corrected chi connectivity index (χ1v) is 16.6. The van der Waals surface area contributed by atoms with E-state index in [2.05, 4.69) is 15.0 Å². The van der Waals surface area contributed by atoms with Gasteiger partial charge in [0.25, 0.3) is 10.2 Å². The molecule has 2 rings (SSSR count). The van der Waals surface area contributed by atoms with Crippen molar-refractivity contribution in [3.05, 3.63) is 56.1 Å². The number of nitrogens with two attached hydrogens (primary N) is 1. The number of ketones is 1. The zero-order valence-corrected chi connectivity index (χ0v) is 28.9. The summed E-state index contributed by atoms with van der Waals surface area (Å²) >= 11 is 0. The summed E-state index contributed by atoms with van der Waals surface area (Å²) in [7, 11) is 0. The SMILES string of the molecule is CC(C)(C)OC(=O)N1CCC[C@]1(C(=O)OCCCO[N+](=O)[O-])C(=O)C(CCCCN)NC(CCc1ccccc1)C(=O)OCCCO[N+](=O)[O-]. The number of ether oxygens (including phenoxy) is 3. The molecule has 18 heteroatoms. The fourth-order valence-corrected chi connectivity index (χ4v) is 5.44. The molecule has 0 radical (unpaired) electrons. The molecule has 1 saturated heterocycles. The first kappa shape index (κ1) is 41.6. The summed E-state index contributed by atoms with van der Waals surface area (Å²) in [6.07, 6.45) is 0.907. The van der Waals surface area contributed by atoms with Crippen LogP contribution in [0.15, 0.2) is 30.3 Å². The minimum atomic E-state index is -2.14. The third-order valence-electron chi connectivity index (χ3n) is 7.70. The van der Waals surface area contributed by atoms with Crippen LogP contribution in [0.25, 0.3) is 0 Å². The number of rotatable bonds is 23. The van der Waals surface area contributed by atoms with Gasteiger partial charge in [0.1, 0.15) is 11.6 Å². The van der Waals surface area contributed by atoms with Crippen molar-refractivity contribution in [3.8, 4) is 0 Å². The van der Waals surface area contributed by atoms with Gasteiger partial charge in [0.15, 0.2) is 5.78 Å². The van der Waals surface area contributed by atoms with Crippen LogP contribution in [-0.4, -0.2) is 102 Å². The highest BCUT2D eigenvalue weighted by molar-refractivity contribution is 6.13. The van der Waals surface area contributed by atoms with Crippen LogP contribution in [0.4, 0.5) is 4.79 Å². The molecule has 50 heavy (non-hydrogen) atoms. The molecule has 1 fully saturated rings. The number of nitrogens with one attached hydrogen (secondary N) is 1. The maximum Gasteiger partial charge on any atom is 0.411 e. The van der Waals surface area contributed by atoms with E-state index in [1.807, 2.05) is 30.3 Å². The Balaban J connectivity index is 2.45. The minimum Gasteiger partial charge on any atom is -0.464 e. The second-order valence-electron chi connectivity index (χ2n) is 12.7. The summed E-state index contributed by atoms with van der Waals surface area (Å²) in [5.74, 6) is -2.48. The number of likely N-dealkylation sites (tertiary alicyclic amines) is 1. The molecule has 1 heterocycles. The predicted molar refractivity (Wildman–Crippen MR) is 175 cm³/mol. The minimum absolute atomic E-state index is 0.00139. The molecule has 3 N–H and O–H groups in total. The van der Waals surface area contributed by atoms with Crippen LogP contribution in [0.1, 0.15) is 77.7 Å². The van der Waals surface area contributed by atoms with E-state index in [0.717, 1.165) is 10.5 Å². The molecular formula is C32H49N5O13. The molecule has 0 spiro atoms. The van der Waals surface area contributed by atoms with E-state index in [1.54, 1.807) is 20.8 Å². The van der Waals surface area contributed by atoms with Gasteiger partial charge < -0.3 is 29.6 Å². The lowest BCUT2D eigenvalue weighted by molar-refractivity contribution is -0.757. The van der Waals surface area contributed by atoms with Crippen molar-refractivity contribution >= 4 is 23.8 Å². The van der Waals surface area contributed by atoms with Crippen LogP contribution in [0.5, 0.6) is 0 Å². The molecule has 280 valence electrons. The van der Waals surface area contributed by atoms with Gasteiger partial charge in [-0.3, -0.25) is 19.8 Å². The number of carbonyl (C=O) groups is 4. The number of hydrogen-bond acceptors (Lipinski definition) is 15. The number of aryl methyl sites for hydroxylation is 1. The van der Waals surface area contributed by atoms with Gasteiger partial charge in [0.05, 0.1) is 32.5 Å². The Hall–Kier alpha value is -4.58. The van der Waals surface area contributed by atoms with Gasteiger partial charge in [-0.2, -0.15) is 0 Å². The number of esters is 2. The highest BCUT2D eigenvalue weighted by Gasteiger charge is 2.59. The highest BCUT2D eigenvalue weighted by Crippen LogP contribution is 2.35. The molecule has 1 aromatic carbocycles. The normalized spacial score (nSPS) is 16.9. The summed E-state index contributed by atoms with van der Waals surface area (Å²) in [6.45, 7) is 4.07. The maximum absolute atomic E-state index is 14.8. The Labute approximate surface area is 290 Å². The number of amides is 1. The van der Waals surface area contributed by atoms with Gasteiger partial charge in [-0.25, -0.2) is 9.59 Å². The second-order valence-corrected chi connectivity index (χ2v) is 12.7. The standard InChI is InChI=1S/C32H49N5O13/c1-31(2,3)50-30(41)35-19-9-17-32(35,29(40)47-21-11-23-49-37(44)45)27(38)25(14-7-8-18-33)34-26(16-15-24-12-5-4-6-13-24)28(39)46-20-10-22-48-36(42)43/h4-6,12-13,25-26,34H,7-11,14-23,33H2,1-3H3/t25?,26?,32-/m1/s1. The van der Waals surface area contributed by atoms with Gasteiger partial charge in [-0.05, 0) is 71.4 Å². The summed E-state index contributed by atoms with van der Waals surface area (Å²) in [6, 6.07) is 7.05. The third-order valence-corrected chi connectivity index (χ3v) is 7.70. The van der Waals surface area contributed by atoms with E-state index < -0.39 is 57.2 Å². The first-order chi connectivity index (χ1) is 23.7. The van der Waals surface area contributed by atoms with Crippen molar-refractivity contribution in [2.45, 2.75) is 102 Å². The molecule has 0 aliphatic carbocycles. The Bertz CT molecular complexity index is 1280. The van der Waals surface area contributed by atoms with E-state index in [-0.39, 0.29) is 71.5 Å². The topological polar surface area (TPSA) is 242 Å². The van der Waals surface area contributed by atoms with Crippen molar-refractivity contribution in [1.82, 2.24) is 10.2 Å². The molecule has 1 aliphatic rings. The van der Waals surface area contributed by atoms with Crippen LogP contribution in [0.2, 0.25) is 0 Å². The maximum atomic E-state index is 14.8. The molecule has 0 aromatic heterocycles. The summed E-state index contributed by atoms with van der Waals surface area (Å²) in [5.41, 5.74) is 3.54. The van der Waals surface area contributed by atoms with Gasteiger partial charge in [0, 0.05) is 19.4 Å². The van der Waals surface area contributed by atoms with Crippen LogP contribution >= 0.6 is 0 Å². The van der Waals surface area contributed by atoms with E-state index in [9.17, 15) is 39.4 Å². The molecular weight excluding hydrogens is 662 g/mol. The van der Waals surface area contributed by atoms with Crippen molar-refractivity contribution in [1.29, 1.82) is 0 Å². The fraction of sp³-hybridized carbons (Fsp3) is 0.688. The van der Waals surface area contributed by atoms with Crippen LogP contribution in [0.3, 0.4) is 0 Å². The van der Waals surface area contributed by atoms with Gasteiger partial charge in [0.2, 0.25) is 5.54 Å². The molecule has 0 bridgehead atoms. The third kappa shape index (κ3) is 13.7. The van der Waals surface area contributed by atoms with Gasteiger partial charge in [-0.1, -0.05) is 36.8 Å². The fourth-order valence-electron chi connectivity index (χ4n) is 5.44. The molecule has 2 unspecified atom stereocenters. The van der Waals surface area contributed by atoms with Crippen molar-refractivity contribution in [2.24, 2.45) is 5.73 Å². The van der Waals surface area contributed by atoms with Crippen LogP contribution < -0.4 is 11.1 Å². The zero-order valence-electron chi connectivity index (χ0n) is 28.9. The Morgan fingerprint density at radius 1 is 0.900 bits per heavy atom. The first-order valence-electron chi connectivity index (χ1n) is 16.6. The summed E-state index contributed by atoms with van der Waals surface area (Å²) in [4.78, 5) is 86.3. The van der Waals surface area contributed by atoms with E-state index in [1.165, 1.54) is 0 Å². The van der Waals surface area contributed by atoms with E-state index in [0.29, 0.717) is 25.8 Å². The summed E-state index contributed by atoms with van der Waals surface area (Å²) < 4.78 is 16.5. The zero-order chi connectivity index (χ0) is 37.2. The molecule has 1 amide bonds. The summed E-state index contributed by atoms with van der Waals surface area (Å²) in [5, 5.41) is 22.2. The average Bonchev–Trinajstić information content (AvgIpc) is 3.51. The molecule has 0 saturated carbocycles. The lowest BCUT2D eigenvalue weighted by atomic mass is 9.84. The van der Waals surface area contributed by atoms with E-state index >= 15 is 0 Å². The highest BCUT2D eigenvalue weighted by atomic mass is 17.0. The lowest BCUT2D eigenvalue weighted by Gasteiger charge is -2.38. The Morgan fingerprint density at radius 2 is 1.52 bits per heavy atom. The molecule has 1 aromatic rings. The monoisotopic (exact) mass is 711 g/mol. The smallest absolute Gasteiger partial charge is 0.411 e. The van der Waals surface area contributed by atoms with Gasteiger partial charge >= 0.3 is 18.0 Å². The van der Waals surface area contributed by atoms with Crippen molar-refractivity contribution < 1.29 is 53.2 Å². The molecule has 18 nitrogen and oxygen atoms in total. The number of benzene rings is 1. The largest absolute Gasteiger partial charge is 0.464 e. The lowest BCUT2D eigenvalue weighted by Crippen LogP contribution is -2.65. The number of carbonyl (C=O) groups excluding carboxylic acids is 4. The second kappa shape index (κ2) is 20.8. The molecule has 1 aliphatic heterocycles. The van der Waals surface area contributed by atoms with Crippen molar-refractivity contribution in [3.63, 3.8) is 0 Å². The number of hydrogen-bond donors (Lipinski definition) is 2. The Kier molecular flexibility index (Phi) is 17.3. The number of unbranched alkanes of at least 4 members (excludes halogenated alkanes) is 1. The quantitative estimate of drug-likeness (QED) is 0.0414. The van der Waals surface area contributed by atoms with E-state index in [4.69, 9.17) is 19.9 Å². The number of nitrogens with zero attached hydrogens (tertiary/aromatic N) is 3. The average molecular weight is 712 g/mol. The Morgan fingerprint density at radius 3 is 2.10 bits per heavy atom. The van der Waals surface area contributed by atoms with Crippen LogP contribution in [-0.2, 0) is 44.7 Å². The predicted octanol–water partition coefficient (Wildman–Crippen LogP) is 2.70. The number of Topliss-reactive ketones (excluding diaryl/α,β-unsaturated/α-hetero) is 1.